The van der Waals surface area contributed by atoms with Crippen LogP contribution in [0.1, 0.15) is 31.5 Å². The summed E-state index contributed by atoms with van der Waals surface area (Å²) < 4.78 is 24.1. The van der Waals surface area contributed by atoms with Gasteiger partial charge in [-0.2, -0.15) is 0 Å². The summed E-state index contributed by atoms with van der Waals surface area (Å²) in [5.74, 6) is 1.37. The standard InChI is InChI=1S/C10H15ClN2O2S/c1-8-12-10(16(11,14)15)7-13(8)6-9-4-2-3-5-9/h7,9H,2-6H2,1H3. The molecule has 0 amide bonds. The zero-order valence-electron chi connectivity index (χ0n) is 9.19. The van der Waals surface area contributed by atoms with E-state index in [2.05, 4.69) is 4.98 Å². The molecule has 90 valence electrons. The Morgan fingerprint density at radius 1 is 1.50 bits per heavy atom. The Morgan fingerprint density at radius 2 is 2.12 bits per heavy atom. The highest BCUT2D eigenvalue weighted by Gasteiger charge is 2.20. The van der Waals surface area contributed by atoms with Gasteiger partial charge in [0.05, 0.1) is 0 Å². The summed E-state index contributed by atoms with van der Waals surface area (Å²) in [6.45, 7) is 2.66. The van der Waals surface area contributed by atoms with Gasteiger partial charge in [0.1, 0.15) is 5.82 Å². The van der Waals surface area contributed by atoms with Gasteiger partial charge in [0.15, 0.2) is 5.03 Å². The Kier molecular flexibility index (Phi) is 3.26. The van der Waals surface area contributed by atoms with Crippen LogP contribution in [-0.2, 0) is 15.6 Å². The molecule has 0 aliphatic heterocycles. The lowest BCUT2D eigenvalue weighted by molar-refractivity contribution is 0.451. The average molecular weight is 263 g/mol. The van der Waals surface area contributed by atoms with Crippen LogP contribution in [0.4, 0.5) is 0 Å². The van der Waals surface area contributed by atoms with Gasteiger partial charge in [-0.3, -0.25) is 0 Å². The Balaban J connectivity index is 2.18. The minimum Gasteiger partial charge on any atom is -0.333 e. The van der Waals surface area contributed by atoms with E-state index < -0.39 is 9.05 Å². The van der Waals surface area contributed by atoms with Crippen molar-refractivity contribution in [3.63, 3.8) is 0 Å². The molecule has 1 aromatic heterocycles. The lowest BCUT2D eigenvalue weighted by Gasteiger charge is -2.10. The highest BCUT2D eigenvalue weighted by atomic mass is 35.7. The Labute approximate surface area is 100 Å². The van der Waals surface area contributed by atoms with E-state index in [-0.39, 0.29) is 5.03 Å². The van der Waals surface area contributed by atoms with E-state index in [0.29, 0.717) is 11.7 Å². The van der Waals surface area contributed by atoms with Gasteiger partial charge in [0.2, 0.25) is 0 Å². The van der Waals surface area contributed by atoms with Gasteiger partial charge in [-0.15, -0.1) is 0 Å². The first-order valence-corrected chi connectivity index (χ1v) is 7.76. The van der Waals surface area contributed by atoms with E-state index in [0.717, 1.165) is 6.54 Å². The Bertz CT molecular complexity index is 475. The van der Waals surface area contributed by atoms with Gasteiger partial charge in [-0.1, -0.05) is 12.8 Å². The van der Waals surface area contributed by atoms with E-state index in [1.165, 1.54) is 31.9 Å². The number of hydrogen-bond donors (Lipinski definition) is 0. The molecule has 0 atom stereocenters. The number of halogens is 1. The van der Waals surface area contributed by atoms with Crippen molar-refractivity contribution in [3.8, 4) is 0 Å². The minimum atomic E-state index is -3.70. The predicted molar refractivity (Wildman–Crippen MR) is 62.0 cm³/mol. The summed E-state index contributed by atoms with van der Waals surface area (Å²) >= 11 is 0. The fourth-order valence-corrected chi connectivity index (χ4v) is 2.97. The summed E-state index contributed by atoms with van der Waals surface area (Å²) in [4.78, 5) is 3.97. The summed E-state index contributed by atoms with van der Waals surface area (Å²) in [6, 6.07) is 0. The number of rotatable bonds is 3. The highest BCUT2D eigenvalue weighted by Crippen LogP contribution is 2.27. The van der Waals surface area contributed by atoms with E-state index in [1.807, 2.05) is 4.57 Å². The van der Waals surface area contributed by atoms with Crippen LogP contribution in [-0.4, -0.2) is 18.0 Å². The monoisotopic (exact) mass is 262 g/mol. The van der Waals surface area contributed by atoms with Gasteiger partial charge in [0, 0.05) is 23.4 Å². The number of aromatic nitrogens is 2. The van der Waals surface area contributed by atoms with Crippen molar-refractivity contribution in [2.24, 2.45) is 5.92 Å². The molecule has 1 fully saturated rings. The smallest absolute Gasteiger partial charge is 0.280 e. The van der Waals surface area contributed by atoms with Crippen LogP contribution in [0, 0.1) is 12.8 Å². The van der Waals surface area contributed by atoms with E-state index in [4.69, 9.17) is 10.7 Å². The molecular weight excluding hydrogens is 248 g/mol. The third-order valence-corrected chi connectivity index (χ3v) is 4.30. The van der Waals surface area contributed by atoms with Crippen molar-refractivity contribution < 1.29 is 8.42 Å². The number of nitrogens with zero attached hydrogens (tertiary/aromatic N) is 2. The van der Waals surface area contributed by atoms with Gasteiger partial charge in [-0.25, -0.2) is 13.4 Å². The molecular formula is C10H15ClN2O2S. The molecule has 1 aromatic rings. The molecule has 1 aliphatic rings. The third kappa shape index (κ3) is 2.58. The predicted octanol–water partition coefficient (Wildman–Crippen LogP) is 2.31. The van der Waals surface area contributed by atoms with E-state index in [9.17, 15) is 8.42 Å². The number of aryl methyl sites for hydroxylation is 1. The summed E-state index contributed by atoms with van der Waals surface area (Å²) in [6.07, 6.45) is 6.54. The van der Waals surface area contributed by atoms with Crippen molar-refractivity contribution >= 4 is 19.7 Å². The second kappa shape index (κ2) is 4.37. The minimum absolute atomic E-state index is 0.0373. The first-order chi connectivity index (χ1) is 7.47. The fourth-order valence-electron chi connectivity index (χ4n) is 2.25. The van der Waals surface area contributed by atoms with E-state index >= 15 is 0 Å². The first-order valence-electron chi connectivity index (χ1n) is 5.45. The SMILES string of the molecule is Cc1nc(S(=O)(=O)Cl)cn1CC1CCCC1. The number of hydrogen-bond acceptors (Lipinski definition) is 3. The first kappa shape index (κ1) is 11.9. The normalized spacial score (nSPS) is 18.1. The molecule has 1 heterocycles. The lowest BCUT2D eigenvalue weighted by atomic mass is 10.1. The zero-order chi connectivity index (χ0) is 11.8. The molecule has 1 aliphatic carbocycles. The summed E-state index contributed by atoms with van der Waals surface area (Å²) in [5, 5.41) is -0.0373. The molecule has 6 heteroatoms. The molecule has 1 saturated carbocycles. The molecule has 0 N–H and O–H groups in total. The molecule has 0 unspecified atom stereocenters. The maximum atomic E-state index is 11.1. The van der Waals surface area contributed by atoms with Crippen molar-refractivity contribution in [2.75, 3.05) is 0 Å². The van der Waals surface area contributed by atoms with E-state index in [1.54, 1.807) is 6.92 Å². The molecule has 4 nitrogen and oxygen atoms in total. The van der Waals surface area contributed by atoms with Gasteiger partial charge in [-0.05, 0) is 25.7 Å². The second-order valence-electron chi connectivity index (χ2n) is 4.37. The highest BCUT2D eigenvalue weighted by molar-refractivity contribution is 8.13. The van der Waals surface area contributed by atoms with Crippen LogP contribution in [0.5, 0.6) is 0 Å². The molecule has 16 heavy (non-hydrogen) atoms. The quantitative estimate of drug-likeness (QED) is 0.786. The van der Waals surface area contributed by atoms with Crippen molar-refractivity contribution in [1.29, 1.82) is 0 Å². The fraction of sp³-hybridized carbons (Fsp3) is 0.700. The third-order valence-electron chi connectivity index (χ3n) is 3.13. The van der Waals surface area contributed by atoms with Crippen molar-refractivity contribution in [1.82, 2.24) is 9.55 Å². The zero-order valence-corrected chi connectivity index (χ0v) is 10.8. The molecule has 0 aromatic carbocycles. The van der Waals surface area contributed by atoms with Crippen LogP contribution < -0.4 is 0 Å². The summed E-state index contributed by atoms with van der Waals surface area (Å²) in [5.41, 5.74) is 0. The Hall–Kier alpha value is -0.550. The Morgan fingerprint density at radius 3 is 2.62 bits per heavy atom. The van der Waals surface area contributed by atoms with Crippen LogP contribution in [0.25, 0.3) is 0 Å². The molecule has 2 rings (SSSR count). The maximum absolute atomic E-state index is 11.1. The molecule has 0 bridgehead atoms. The molecule has 0 spiro atoms. The van der Waals surface area contributed by atoms with Crippen molar-refractivity contribution in [3.05, 3.63) is 12.0 Å². The largest absolute Gasteiger partial charge is 0.333 e. The second-order valence-corrected chi connectivity index (χ2v) is 6.88. The lowest BCUT2D eigenvalue weighted by Crippen LogP contribution is -2.07. The van der Waals surface area contributed by atoms with Crippen LogP contribution in [0.15, 0.2) is 11.2 Å². The van der Waals surface area contributed by atoms with Crippen molar-refractivity contribution in [2.45, 2.75) is 44.2 Å². The van der Waals surface area contributed by atoms with Crippen LogP contribution in [0.2, 0.25) is 0 Å². The summed E-state index contributed by atoms with van der Waals surface area (Å²) in [7, 11) is 1.56. The van der Waals surface area contributed by atoms with Gasteiger partial charge in [0.25, 0.3) is 9.05 Å². The number of imidazole rings is 1. The molecule has 0 radical (unpaired) electrons. The topological polar surface area (TPSA) is 52.0 Å². The van der Waals surface area contributed by atoms with Crippen LogP contribution in [0.3, 0.4) is 0 Å². The molecule has 0 saturated heterocycles. The van der Waals surface area contributed by atoms with Gasteiger partial charge >= 0.3 is 0 Å². The maximum Gasteiger partial charge on any atom is 0.280 e. The van der Waals surface area contributed by atoms with Crippen LogP contribution >= 0.6 is 10.7 Å². The van der Waals surface area contributed by atoms with Gasteiger partial charge < -0.3 is 4.57 Å². The average Bonchev–Trinajstić information content (AvgIpc) is 2.76.